The molecule has 2 aromatic rings. The maximum atomic E-state index is 5.71. The smallest absolute Gasteiger partial charge is 0.182 e. The third kappa shape index (κ3) is 3.56. The van der Waals surface area contributed by atoms with Crippen molar-refractivity contribution in [1.29, 1.82) is 0 Å². The van der Waals surface area contributed by atoms with Gasteiger partial charge in [0.05, 0.1) is 13.2 Å². The Hall–Kier alpha value is -1.99. The van der Waals surface area contributed by atoms with Crippen LogP contribution in [0.4, 0.5) is 5.69 Å². The minimum Gasteiger partial charge on any atom is -0.399 e. The molecule has 2 heterocycles. The molecular weight excluding hydrogens is 268 g/mol. The number of aromatic nitrogens is 4. The van der Waals surface area contributed by atoms with Gasteiger partial charge in [0, 0.05) is 37.4 Å². The minimum absolute atomic E-state index is 0.741. The Labute approximate surface area is 123 Å². The molecule has 1 aliphatic rings. The normalized spacial score (nSPS) is 16.2. The van der Waals surface area contributed by atoms with Crippen LogP contribution in [-0.2, 0) is 11.3 Å². The van der Waals surface area contributed by atoms with E-state index in [1.165, 1.54) is 0 Å². The molecule has 1 fully saturated rings. The van der Waals surface area contributed by atoms with Gasteiger partial charge < -0.3 is 10.5 Å². The Morgan fingerprint density at radius 3 is 2.62 bits per heavy atom. The molecule has 0 unspecified atom stereocenters. The summed E-state index contributed by atoms with van der Waals surface area (Å²) in [5.74, 6) is 0.789. The minimum atomic E-state index is 0.741. The summed E-state index contributed by atoms with van der Waals surface area (Å²) in [6.07, 6.45) is 1.02. The molecule has 0 amide bonds. The van der Waals surface area contributed by atoms with E-state index in [-0.39, 0.29) is 0 Å². The van der Waals surface area contributed by atoms with Crippen molar-refractivity contribution in [2.24, 2.45) is 0 Å². The second kappa shape index (κ2) is 6.64. The maximum absolute atomic E-state index is 5.71. The molecule has 0 radical (unpaired) electrons. The highest BCUT2D eigenvalue weighted by atomic mass is 16.5. The van der Waals surface area contributed by atoms with Crippen molar-refractivity contribution < 1.29 is 4.74 Å². The number of rotatable bonds is 5. The summed E-state index contributed by atoms with van der Waals surface area (Å²) in [7, 11) is 0. The molecule has 0 saturated carbocycles. The number of nitrogens with two attached hydrogens (primary N) is 1. The van der Waals surface area contributed by atoms with E-state index in [2.05, 4.69) is 20.4 Å². The van der Waals surface area contributed by atoms with E-state index in [9.17, 15) is 0 Å². The lowest BCUT2D eigenvalue weighted by Crippen LogP contribution is -2.37. The third-order valence-electron chi connectivity index (χ3n) is 3.65. The second-order valence-corrected chi connectivity index (χ2v) is 5.16. The highest BCUT2D eigenvalue weighted by Crippen LogP contribution is 2.17. The highest BCUT2D eigenvalue weighted by Gasteiger charge is 2.12. The van der Waals surface area contributed by atoms with Crippen LogP contribution in [0.25, 0.3) is 11.4 Å². The van der Waals surface area contributed by atoms with Gasteiger partial charge in [-0.3, -0.25) is 4.90 Å². The van der Waals surface area contributed by atoms with Gasteiger partial charge in [0.1, 0.15) is 0 Å². The van der Waals surface area contributed by atoms with Gasteiger partial charge in [-0.15, -0.1) is 5.10 Å². The van der Waals surface area contributed by atoms with Crippen LogP contribution in [0.2, 0.25) is 0 Å². The van der Waals surface area contributed by atoms with E-state index in [0.29, 0.717) is 0 Å². The molecule has 7 nitrogen and oxygen atoms in total. The number of nitrogens with zero attached hydrogens (tertiary/aromatic N) is 5. The number of benzene rings is 1. The van der Waals surface area contributed by atoms with Gasteiger partial charge in [0.2, 0.25) is 0 Å². The SMILES string of the molecule is Nc1ccc(-c2nnnn2CCCN2CCOCC2)cc1. The molecule has 112 valence electrons. The number of ether oxygens (including phenoxy) is 1. The first-order chi connectivity index (χ1) is 10.3. The molecule has 1 aromatic heterocycles. The Morgan fingerprint density at radius 2 is 1.86 bits per heavy atom. The monoisotopic (exact) mass is 288 g/mol. The molecule has 0 aliphatic carbocycles. The molecule has 1 aliphatic heterocycles. The predicted octanol–water partition coefficient (Wildman–Crippen LogP) is 0.645. The van der Waals surface area contributed by atoms with E-state index < -0.39 is 0 Å². The molecule has 1 saturated heterocycles. The zero-order valence-corrected chi connectivity index (χ0v) is 12.0. The van der Waals surface area contributed by atoms with Gasteiger partial charge >= 0.3 is 0 Å². The van der Waals surface area contributed by atoms with Crippen molar-refractivity contribution in [3.63, 3.8) is 0 Å². The molecule has 0 bridgehead atoms. The number of hydrogen-bond acceptors (Lipinski definition) is 6. The fourth-order valence-electron chi connectivity index (χ4n) is 2.46. The van der Waals surface area contributed by atoms with Crippen molar-refractivity contribution in [1.82, 2.24) is 25.1 Å². The summed E-state index contributed by atoms with van der Waals surface area (Å²) >= 11 is 0. The van der Waals surface area contributed by atoms with Gasteiger partial charge in [-0.2, -0.15) is 0 Å². The summed E-state index contributed by atoms with van der Waals surface area (Å²) < 4.78 is 7.20. The zero-order chi connectivity index (χ0) is 14.5. The summed E-state index contributed by atoms with van der Waals surface area (Å²) in [6.45, 7) is 5.55. The van der Waals surface area contributed by atoms with E-state index in [0.717, 1.165) is 62.9 Å². The molecule has 21 heavy (non-hydrogen) atoms. The standard InChI is InChI=1S/C14H20N6O/c15-13-4-2-12(3-5-13)14-16-17-18-20(14)7-1-6-19-8-10-21-11-9-19/h2-5H,1,6-11,15H2. The molecule has 3 rings (SSSR count). The van der Waals surface area contributed by atoms with Gasteiger partial charge in [0.15, 0.2) is 5.82 Å². The number of nitrogen functional groups attached to an aromatic ring is 1. The fraction of sp³-hybridized carbons (Fsp3) is 0.500. The Balaban J connectivity index is 1.59. The van der Waals surface area contributed by atoms with Crippen LogP contribution in [0.3, 0.4) is 0 Å². The second-order valence-electron chi connectivity index (χ2n) is 5.16. The number of hydrogen-bond donors (Lipinski definition) is 1. The molecule has 1 aromatic carbocycles. The summed E-state index contributed by atoms with van der Waals surface area (Å²) in [4.78, 5) is 2.41. The van der Waals surface area contributed by atoms with Crippen LogP contribution < -0.4 is 5.73 Å². The zero-order valence-electron chi connectivity index (χ0n) is 12.0. The van der Waals surface area contributed by atoms with Gasteiger partial charge in [0.25, 0.3) is 0 Å². The molecular formula is C14H20N6O. The van der Waals surface area contributed by atoms with Gasteiger partial charge in [-0.1, -0.05) is 0 Å². The lowest BCUT2D eigenvalue weighted by atomic mass is 10.2. The lowest BCUT2D eigenvalue weighted by Gasteiger charge is -2.26. The average molecular weight is 288 g/mol. The summed E-state index contributed by atoms with van der Waals surface area (Å²) in [5, 5.41) is 12.0. The van der Waals surface area contributed by atoms with Crippen molar-refractivity contribution in [2.75, 3.05) is 38.6 Å². The van der Waals surface area contributed by atoms with E-state index in [4.69, 9.17) is 10.5 Å². The maximum Gasteiger partial charge on any atom is 0.182 e. The first-order valence-electron chi connectivity index (χ1n) is 7.25. The van der Waals surface area contributed by atoms with Crippen LogP contribution in [0.1, 0.15) is 6.42 Å². The highest BCUT2D eigenvalue weighted by molar-refractivity contribution is 5.58. The topological polar surface area (TPSA) is 82.1 Å². The van der Waals surface area contributed by atoms with Crippen molar-refractivity contribution in [3.8, 4) is 11.4 Å². The van der Waals surface area contributed by atoms with Crippen LogP contribution in [0.15, 0.2) is 24.3 Å². The Kier molecular flexibility index (Phi) is 4.42. The fourth-order valence-corrected chi connectivity index (χ4v) is 2.46. The number of morpholine rings is 1. The van der Waals surface area contributed by atoms with E-state index in [1.54, 1.807) is 0 Å². The summed E-state index contributed by atoms with van der Waals surface area (Å²) in [6, 6.07) is 7.61. The van der Waals surface area contributed by atoms with E-state index >= 15 is 0 Å². The van der Waals surface area contributed by atoms with Crippen LogP contribution in [0, 0.1) is 0 Å². The Bertz CT molecular complexity index is 561. The first kappa shape index (κ1) is 14.0. The largest absolute Gasteiger partial charge is 0.399 e. The number of aryl methyl sites for hydroxylation is 1. The third-order valence-corrected chi connectivity index (χ3v) is 3.65. The van der Waals surface area contributed by atoms with Crippen LogP contribution >= 0.6 is 0 Å². The lowest BCUT2D eigenvalue weighted by molar-refractivity contribution is 0.0368. The molecule has 0 atom stereocenters. The van der Waals surface area contributed by atoms with Gasteiger partial charge in [-0.05, 0) is 41.1 Å². The molecule has 0 spiro atoms. The molecule has 7 heteroatoms. The van der Waals surface area contributed by atoms with Gasteiger partial charge in [-0.25, -0.2) is 4.68 Å². The van der Waals surface area contributed by atoms with Crippen molar-refractivity contribution in [2.45, 2.75) is 13.0 Å². The van der Waals surface area contributed by atoms with Crippen LogP contribution in [-0.4, -0.2) is 58.0 Å². The van der Waals surface area contributed by atoms with Crippen molar-refractivity contribution in [3.05, 3.63) is 24.3 Å². The number of anilines is 1. The average Bonchev–Trinajstić information content (AvgIpc) is 2.98. The predicted molar refractivity (Wildman–Crippen MR) is 79.5 cm³/mol. The Morgan fingerprint density at radius 1 is 1.10 bits per heavy atom. The first-order valence-corrected chi connectivity index (χ1v) is 7.25. The quantitative estimate of drug-likeness (QED) is 0.813. The number of tetrazole rings is 1. The molecule has 2 N–H and O–H groups in total. The summed E-state index contributed by atoms with van der Waals surface area (Å²) in [5.41, 5.74) is 7.43. The van der Waals surface area contributed by atoms with E-state index in [1.807, 2.05) is 28.9 Å². The van der Waals surface area contributed by atoms with Crippen LogP contribution in [0.5, 0.6) is 0 Å². The van der Waals surface area contributed by atoms with Crippen molar-refractivity contribution >= 4 is 5.69 Å².